The zero-order chi connectivity index (χ0) is 9.68. The molecule has 0 heterocycles. The molecule has 0 spiro atoms. The normalized spacial score (nSPS) is 9.62. The zero-order valence-corrected chi connectivity index (χ0v) is 6.93. The highest BCUT2D eigenvalue weighted by molar-refractivity contribution is 5.72. The lowest BCUT2D eigenvalue weighted by Gasteiger charge is -2.02. The Balaban J connectivity index is 2.54. The van der Waals surface area contributed by atoms with Gasteiger partial charge in [0, 0.05) is 0 Å². The highest BCUT2D eigenvalue weighted by Crippen LogP contribution is 2.16. The van der Waals surface area contributed by atoms with Crippen molar-refractivity contribution >= 4 is 5.97 Å². The van der Waals surface area contributed by atoms with E-state index in [0.29, 0.717) is 5.75 Å². The standard InChI is InChI=1S/C9H10O4/c10-6-5-9(12)13-8-3-1-7(11)2-4-8/h1-4,10-11H,5-6H2. The maximum Gasteiger partial charge on any atom is 0.313 e. The summed E-state index contributed by atoms with van der Waals surface area (Å²) in [6, 6.07) is 5.79. The molecule has 4 nitrogen and oxygen atoms in total. The number of phenolic OH excluding ortho intramolecular Hbond substituents is 1. The number of aromatic hydroxyl groups is 1. The second-order valence-electron chi connectivity index (χ2n) is 2.44. The van der Waals surface area contributed by atoms with Crippen LogP contribution in [0.1, 0.15) is 6.42 Å². The molecule has 0 amide bonds. The number of rotatable bonds is 3. The first kappa shape index (κ1) is 9.54. The lowest BCUT2D eigenvalue weighted by molar-refractivity contribution is -0.135. The van der Waals surface area contributed by atoms with Crippen LogP contribution in [0.2, 0.25) is 0 Å². The molecular formula is C9H10O4. The Kier molecular flexibility index (Phi) is 3.28. The van der Waals surface area contributed by atoms with Crippen molar-refractivity contribution < 1.29 is 19.7 Å². The Morgan fingerprint density at radius 2 is 1.92 bits per heavy atom. The molecule has 4 heteroatoms. The maximum absolute atomic E-state index is 10.9. The fourth-order valence-corrected chi connectivity index (χ4v) is 0.788. The number of hydrogen-bond donors (Lipinski definition) is 2. The van der Waals surface area contributed by atoms with Gasteiger partial charge in [-0.05, 0) is 24.3 Å². The van der Waals surface area contributed by atoms with Gasteiger partial charge in [0.15, 0.2) is 0 Å². The third-order valence-corrected chi connectivity index (χ3v) is 1.38. The summed E-state index contributed by atoms with van der Waals surface area (Å²) in [4.78, 5) is 10.9. The van der Waals surface area contributed by atoms with Crippen LogP contribution in [0, 0.1) is 0 Å². The number of aliphatic hydroxyl groups is 1. The highest BCUT2D eigenvalue weighted by atomic mass is 16.5. The van der Waals surface area contributed by atoms with Crippen molar-refractivity contribution in [2.45, 2.75) is 6.42 Å². The second kappa shape index (κ2) is 4.47. The minimum Gasteiger partial charge on any atom is -0.508 e. The molecule has 70 valence electrons. The van der Waals surface area contributed by atoms with Gasteiger partial charge in [0.2, 0.25) is 0 Å². The van der Waals surface area contributed by atoms with E-state index in [4.69, 9.17) is 14.9 Å². The monoisotopic (exact) mass is 182 g/mol. The van der Waals surface area contributed by atoms with Gasteiger partial charge in [-0.3, -0.25) is 4.79 Å². The van der Waals surface area contributed by atoms with Gasteiger partial charge in [-0.25, -0.2) is 0 Å². The summed E-state index contributed by atoms with van der Waals surface area (Å²) in [5, 5.41) is 17.3. The average Bonchev–Trinajstić information content (AvgIpc) is 2.09. The van der Waals surface area contributed by atoms with Crippen molar-refractivity contribution in [2.24, 2.45) is 0 Å². The molecule has 0 atom stereocenters. The number of hydrogen-bond acceptors (Lipinski definition) is 4. The summed E-state index contributed by atoms with van der Waals surface area (Å²) in [5.41, 5.74) is 0. The number of ether oxygens (including phenoxy) is 1. The molecule has 2 N–H and O–H groups in total. The van der Waals surface area contributed by atoms with E-state index >= 15 is 0 Å². The molecular weight excluding hydrogens is 172 g/mol. The van der Waals surface area contributed by atoms with E-state index in [1.54, 1.807) is 0 Å². The highest BCUT2D eigenvalue weighted by Gasteiger charge is 2.02. The average molecular weight is 182 g/mol. The van der Waals surface area contributed by atoms with Crippen LogP contribution in [-0.2, 0) is 4.79 Å². The lowest BCUT2D eigenvalue weighted by atomic mass is 10.3. The van der Waals surface area contributed by atoms with E-state index in [9.17, 15) is 4.79 Å². The van der Waals surface area contributed by atoms with Gasteiger partial charge >= 0.3 is 5.97 Å². The van der Waals surface area contributed by atoms with Crippen molar-refractivity contribution in [3.05, 3.63) is 24.3 Å². The first-order chi connectivity index (χ1) is 6.22. The Labute approximate surface area is 75.4 Å². The molecule has 1 rings (SSSR count). The summed E-state index contributed by atoms with van der Waals surface area (Å²) in [5.74, 6) is -0.0219. The van der Waals surface area contributed by atoms with Crippen LogP contribution in [-0.4, -0.2) is 22.8 Å². The van der Waals surface area contributed by atoms with E-state index in [1.807, 2.05) is 0 Å². The Morgan fingerprint density at radius 1 is 1.31 bits per heavy atom. The maximum atomic E-state index is 10.9. The molecule has 0 aliphatic heterocycles. The molecule has 1 aromatic rings. The summed E-state index contributed by atoms with van der Waals surface area (Å²) >= 11 is 0. The van der Waals surface area contributed by atoms with Gasteiger partial charge in [-0.1, -0.05) is 0 Å². The van der Waals surface area contributed by atoms with Crippen LogP contribution >= 0.6 is 0 Å². The van der Waals surface area contributed by atoms with Gasteiger partial charge < -0.3 is 14.9 Å². The molecule has 1 aromatic carbocycles. The predicted octanol–water partition coefficient (Wildman–Crippen LogP) is 0.680. The number of phenols is 1. The van der Waals surface area contributed by atoms with Crippen LogP contribution in [0.3, 0.4) is 0 Å². The molecule has 0 saturated carbocycles. The fourth-order valence-electron chi connectivity index (χ4n) is 0.788. The summed E-state index contributed by atoms with van der Waals surface area (Å²) in [7, 11) is 0. The van der Waals surface area contributed by atoms with Crippen molar-refractivity contribution in [3.8, 4) is 11.5 Å². The van der Waals surface area contributed by atoms with Gasteiger partial charge in [0.05, 0.1) is 13.0 Å². The van der Waals surface area contributed by atoms with E-state index in [1.165, 1.54) is 24.3 Å². The third kappa shape index (κ3) is 3.13. The van der Waals surface area contributed by atoms with Gasteiger partial charge in [0.1, 0.15) is 11.5 Å². The first-order valence-electron chi connectivity index (χ1n) is 3.83. The SMILES string of the molecule is O=C(CCO)Oc1ccc(O)cc1. The molecule has 0 fully saturated rings. The zero-order valence-electron chi connectivity index (χ0n) is 6.93. The Hall–Kier alpha value is -1.55. The minimum atomic E-state index is -0.492. The number of carbonyl (C=O) groups excluding carboxylic acids is 1. The van der Waals surface area contributed by atoms with Crippen LogP contribution in [0.25, 0.3) is 0 Å². The fraction of sp³-hybridized carbons (Fsp3) is 0.222. The molecule has 0 radical (unpaired) electrons. The minimum absolute atomic E-state index is 0.0269. The molecule has 0 bridgehead atoms. The largest absolute Gasteiger partial charge is 0.508 e. The second-order valence-corrected chi connectivity index (χ2v) is 2.44. The number of esters is 1. The van der Waals surface area contributed by atoms with Gasteiger partial charge in [-0.15, -0.1) is 0 Å². The number of benzene rings is 1. The van der Waals surface area contributed by atoms with Crippen molar-refractivity contribution in [3.63, 3.8) is 0 Å². The Bertz CT molecular complexity index is 278. The predicted molar refractivity (Wildman–Crippen MR) is 45.4 cm³/mol. The van der Waals surface area contributed by atoms with Crippen LogP contribution in [0.5, 0.6) is 11.5 Å². The van der Waals surface area contributed by atoms with Crippen LogP contribution < -0.4 is 4.74 Å². The van der Waals surface area contributed by atoms with Crippen LogP contribution in [0.15, 0.2) is 24.3 Å². The van der Waals surface area contributed by atoms with Crippen LogP contribution in [0.4, 0.5) is 0 Å². The van der Waals surface area contributed by atoms with Gasteiger partial charge in [0.25, 0.3) is 0 Å². The Morgan fingerprint density at radius 3 is 2.46 bits per heavy atom. The van der Waals surface area contributed by atoms with Gasteiger partial charge in [-0.2, -0.15) is 0 Å². The summed E-state index contributed by atoms with van der Waals surface area (Å²) in [6.45, 7) is -0.225. The van der Waals surface area contributed by atoms with E-state index in [-0.39, 0.29) is 18.8 Å². The molecule has 0 aliphatic carbocycles. The molecule has 0 unspecified atom stereocenters. The number of aliphatic hydroxyl groups excluding tert-OH is 1. The van der Waals surface area contributed by atoms with Crippen molar-refractivity contribution in [1.82, 2.24) is 0 Å². The van der Waals surface area contributed by atoms with Crippen molar-refractivity contribution in [2.75, 3.05) is 6.61 Å². The molecule has 0 aromatic heterocycles. The van der Waals surface area contributed by atoms with E-state index < -0.39 is 5.97 Å². The van der Waals surface area contributed by atoms with E-state index in [0.717, 1.165) is 0 Å². The topological polar surface area (TPSA) is 66.8 Å². The molecule has 0 aliphatic rings. The smallest absolute Gasteiger partial charge is 0.313 e. The third-order valence-electron chi connectivity index (χ3n) is 1.38. The summed E-state index contributed by atoms with van der Waals surface area (Å²) in [6.07, 6.45) is -0.0269. The van der Waals surface area contributed by atoms with Crippen molar-refractivity contribution in [1.29, 1.82) is 0 Å². The lowest BCUT2D eigenvalue weighted by Crippen LogP contribution is -2.09. The molecule has 0 saturated heterocycles. The first-order valence-corrected chi connectivity index (χ1v) is 3.83. The quantitative estimate of drug-likeness (QED) is 0.533. The number of carbonyl (C=O) groups is 1. The van der Waals surface area contributed by atoms with E-state index in [2.05, 4.69) is 0 Å². The summed E-state index contributed by atoms with van der Waals surface area (Å²) < 4.78 is 4.80. The molecule has 13 heavy (non-hydrogen) atoms.